The number of anilines is 3. The molecule has 0 amide bonds. The number of nitriles is 1. The summed E-state index contributed by atoms with van der Waals surface area (Å²) in [7, 11) is 3.92. The lowest BCUT2D eigenvalue weighted by atomic mass is 9.68. The fraction of sp³-hybridized carbons (Fsp3) is 0.678. The van der Waals surface area contributed by atoms with E-state index < -0.39 is 23.7 Å². The van der Waals surface area contributed by atoms with Crippen molar-refractivity contribution in [2.45, 2.75) is 58.3 Å². The molecule has 0 spiro atoms. The molecule has 0 aliphatic heterocycles. The van der Waals surface area contributed by atoms with E-state index in [-0.39, 0.29) is 138 Å². The number of nitrogens with zero attached hydrogens (tertiary/aromatic N) is 4. The van der Waals surface area contributed by atoms with Crippen LogP contribution in [0.1, 0.15) is 48.6 Å². The van der Waals surface area contributed by atoms with Gasteiger partial charge in [0.05, 0.1) is 183 Å². The second kappa shape index (κ2) is 44.5. The monoisotopic (exact) mass is 1130 g/mol. The molecule has 0 aromatic heterocycles. The van der Waals surface area contributed by atoms with Crippen LogP contribution in [0.4, 0.5) is 17.1 Å². The summed E-state index contributed by atoms with van der Waals surface area (Å²) in [6.07, 6.45) is -2.77. The standard InChI is InChI=1S/C57H92N4O17.C2H6/c1-45(40-75-30-28-73-24-22-69-18-14-62)36-60(37-52(66)41-76-31-26-71-20-16-64)50-10-12-55(46(2)34-50)57(44-58,48-6-8-49(9-7-48)59(4)5)56-13-11-51(35-47(56)3)61(38-53(67)42-77-32-27-72-21-17-65)39-54(68)43-78-33-29-74-25-23-70-19-15-63;1-2/h6-13,34-35,45,52-54,62-68H,14-33,36-43H2,1-5H3;1-2H3. The van der Waals surface area contributed by atoms with Crippen LogP contribution >= 0.6 is 0 Å². The average Bonchev–Trinajstić information content (AvgIpc) is 3.45. The highest BCUT2D eigenvalue weighted by Crippen LogP contribution is 2.44. The highest BCUT2D eigenvalue weighted by molar-refractivity contribution is 5.66. The van der Waals surface area contributed by atoms with E-state index in [2.05, 4.69) is 17.9 Å². The Kier molecular flexibility index (Phi) is 40.0. The molecule has 3 rings (SSSR count). The summed E-state index contributed by atoms with van der Waals surface area (Å²) in [5.74, 6) is 0.0281. The number of benzene rings is 3. The molecule has 0 radical (unpaired) electrons. The molecule has 7 N–H and O–H groups in total. The van der Waals surface area contributed by atoms with Crippen molar-refractivity contribution in [1.82, 2.24) is 0 Å². The first-order chi connectivity index (χ1) is 38.8. The Hall–Kier alpha value is -4.13. The van der Waals surface area contributed by atoms with E-state index >= 15 is 0 Å². The average molecular weight is 1140 g/mol. The van der Waals surface area contributed by atoms with Gasteiger partial charge in [0.15, 0.2) is 0 Å². The normalized spacial score (nSPS) is 13.7. The molecule has 80 heavy (non-hydrogen) atoms. The van der Waals surface area contributed by atoms with Crippen molar-refractivity contribution in [3.8, 4) is 6.07 Å². The lowest BCUT2D eigenvalue weighted by molar-refractivity contribution is -0.0127. The van der Waals surface area contributed by atoms with Crippen LogP contribution < -0.4 is 14.7 Å². The predicted molar refractivity (Wildman–Crippen MR) is 308 cm³/mol. The van der Waals surface area contributed by atoms with Crippen LogP contribution in [-0.2, 0) is 52.8 Å². The van der Waals surface area contributed by atoms with Gasteiger partial charge >= 0.3 is 0 Å². The Balaban J connectivity index is 0.0000108. The van der Waals surface area contributed by atoms with Gasteiger partial charge in [-0.1, -0.05) is 45.0 Å². The summed E-state index contributed by atoms with van der Waals surface area (Å²) in [4.78, 5) is 5.97. The zero-order valence-electron chi connectivity index (χ0n) is 48.9. The second-order valence-electron chi connectivity index (χ2n) is 19.0. The number of hydrogen-bond donors (Lipinski definition) is 7. The first-order valence-corrected chi connectivity index (χ1v) is 28.0. The van der Waals surface area contributed by atoms with E-state index in [0.717, 1.165) is 39.2 Å². The maximum atomic E-state index is 11.7. The summed E-state index contributed by atoms with van der Waals surface area (Å²) in [5, 5.41) is 81.5. The molecule has 0 aliphatic carbocycles. The van der Waals surface area contributed by atoms with Crippen LogP contribution in [0.25, 0.3) is 0 Å². The zero-order valence-corrected chi connectivity index (χ0v) is 48.9. The Bertz CT molecular complexity index is 1930. The van der Waals surface area contributed by atoms with Crippen LogP contribution in [0.5, 0.6) is 0 Å². The van der Waals surface area contributed by atoms with Crippen molar-refractivity contribution < 1.29 is 83.1 Å². The van der Waals surface area contributed by atoms with Gasteiger partial charge in [-0.05, 0) is 84.0 Å². The van der Waals surface area contributed by atoms with Gasteiger partial charge in [-0.25, -0.2) is 0 Å². The van der Waals surface area contributed by atoms with Gasteiger partial charge in [-0.15, -0.1) is 0 Å². The van der Waals surface area contributed by atoms with Crippen LogP contribution in [0.15, 0.2) is 60.7 Å². The fourth-order valence-corrected chi connectivity index (χ4v) is 8.62. The summed E-state index contributed by atoms with van der Waals surface area (Å²) in [6, 6.07) is 22.6. The molecule has 0 fully saturated rings. The summed E-state index contributed by atoms with van der Waals surface area (Å²) < 4.78 is 55.4. The molecule has 21 nitrogen and oxygen atoms in total. The van der Waals surface area contributed by atoms with Gasteiger partial charge in [0.1, 0.15) is 5.41 Å². The molecule has 5 unspecified atom stereocenters. The molecule has 21 heteroatoms. The van der Waals surface area contributed by atoms with Crippen LogP contribution in [0, 0.1) is 31.1 Å². The fourth-order valence-electron chi connectivity index (χ4n) is 8.62. The largest absolute Gasteiger partial charge is 0.394 e. The summed E-state index contributed by atoms with van der Waals surface area (Å²) in [6.45, 7) is 15.8. The SMILES string of the molecule is CC.Cc1cc(N(CC(C)COCCOCCOCCO)CC(O)COCCOCCO)ccc1C(C#N)(c1ccc(N(C)C)cc1)c1ccc(N(CC(O)COCCOCCO)CC(O)COCCOCCOCCO)cc1C. The Morgan fingerprint density at radius 3 is 1.05 bits per heavy atom. The lowest BCUT2D eigenvalue weighted by Crippen LogP contribution is -2.41. The molecule has 3 aromatic carbocycles. The van der Waals surface area contributed by atoms with Gasteiger partial charge in [-0.3, -0.25) is 0 Å². The van der Waals surface area contributed by atoms with E-state index in [4.69, 9.17) is 67.8 Å². The van der Waals surface area contributed by atoms with Gasteiger partial charge in [-0.2, -0.15) is 5.26 Å². The maximum Gasteiger partial charge on any atom is 0.133 e. The third kappa shape index (κ3) is 27.8. The first kappa shape index (κ1) is 72.0. The minimum absolute atomic E-state index is 0.000601. The van der Waals surface area contributed by atoms with Crippen molar-refractivity contribution >= 4 is 17.1 Å². The molecule has 3 aromatic rings. The van der Waals surface area contributed by atoms with Gasteiger partial charge < -0.3 is 97.8 Å². The smallest absolute Gasteiger partial charge is 0.133 e. The first-order valence-electron chi connectivity index (χ1n) is 28.0. The minimum atomic E-state index is -1.32. The van der Waals surface area contributed by atoms with E-state index in [9.17, 15) is 20.6 Å². The molecule has 456 valence electrons. The maximum absolute atomic E-state index is 11.7. The zero-order chi connectivity index (χ0) is 58.8. The van der Waals surface area contributed by atoms with Gasteiger partial charge in [0.25, 0.3) is 0 Å². The highest BCUT2D eigenvalue weighted by atomic mass is 16.6. The van der Waals surface area contributed by atoms with Crippen LogP contribution in [0.3, 0.4) is 0 Å². The van der Waals surface area contributed by atoms with E-state index in [0.29, 0.717) is 58.5 Å². The third-order valence-electron chi connectivity index (χ3n) is 12.3. The van der Waals surface area contributed by atoms with Crippen molar-refractivity contribution in [1.29, 1.82) is 5.26 Å². The van der Waals surface area contributed by atoms with Crippen LogP contribution in [-0.4, -0.2) is 253 Å². The van der Waals surface area contributed by atoms with Gasteiger partial charge in [0, 0.05) is 57.3 Å². The van der Waals surface area contributed by atoms with Crippen molar-refractivity contribution in [3.05, 3.63) is 88.5 Å². The number of rotatable bonds is 48. The number of aliphatic hydroxyl groups excluding tert-OH is 7. The Morgan fingerprint density at radius 2 is 0.738 bits per heavy atom. The summed E-state index contributed by atoms with van der Waals surface area (Å²) in [5.41, 5.74) is 5.04. The molecule has 0 bridgehead atoms. The third-order valence-corrected chi connectivity index (χ3v) is 12.3. The van der Waals surface area contributed by atoms with E-state index in [1.165, 1.54) is 0 Å². The quantitative estimate of drug-likeness (QED) is 0.0317. The highest BCUT2D eigenvalue weighted by Gasteiger charge is 2.40. The molecule has 0 saturated carbocycles. The Labute approximate surface area is 476 Å². The van der Waals surface area contributed by atoms with Crippen molar-refractivity contribution in [3.63, 3.8) is 0 Å². The molecule has 5 atom stereocenters. The predicted octanol–water partition coefficient (Wildman–Crippen LogP) is 2.72. The van der Waals surface area contributed by atoms with E-state index in [1.54, 1.807) is 0 Å². The number of aryl methyl sites for hydroxylation is 2. The Morgan fingerprint density at radius 1 is 0.438 bits per heavy atom. The van der Waals surface area contributed by atoms with Crippen molar-refractivity contribution in [2.24, 2.45) is 5.92 Å². The van der Waals surface area contributed by atoms with Crippen LogP contribution in [0.2, 0.25) is 0 Å². The number of aliphatic hydroxyl groups is 7. The molecule has 0 aliphatic rings. The molecule has 0 heterocycles. The van der Waals surface area contributed by atoms with Gasteiger partial charge in [0.2, 0.25) is 0 Å². The molecular formula is C59H98N4O17. The number of hydrogen-bond acceptors (Lipinski definition) is 21. The van der Waals surface area contributed by atoms with E-state index in [1.807, 2.05) is 112 Å². The minimum Gasteiger partial charge on any atom is -0.394 e. The summed E-state index contributed by atoms with van der Waals surface area (Å²) >= 11 is 0. The number of ether oxygens (including phenoxy) is 10. The lowest BCUT2D eigenvalue weighted by Gasteiger charge is -2.35. The van der Waals surface area contributed by atoms with Crippen molar-refractivity contribution in [2.75, 3.05) is 214 Å². The second-order valence-corrected chi connectivity index (χ2v) is 19.0. The topological polar surface area (TPSA) is 267 Å². The molecule has 0 saturated heterocycles. The molecular weight excluding hydrogens is 1040 g/mol.